The molecule has 0 amide bonds. The third-order valence-corrected chi connectivity index (χ3v) is 1.85. The third kappa shape index (κ3) is 1.07. The Kier molecular flexibility index (Phi) is 1.49. The quantitative estimate of drug-likeness (QED) is 0.576. The minimum atomic E-state index is -0.501. The lowest BCUT2D eigenvalue weighted by molar-refractivity contribution is -0.118. The molecule has 11 heavy (non-hydrogen) atoms. The van der Waals surface area contributed by atoms with Gasteiger partial charge in [-0.05, 0) is 6.08 Å². The van der Waals surface area contributed by atoms with Gasteiger partial charge in [-0.1, -0.05) is 6.08 Å². The van der Waals surface area contributed by atoms with Crippen molar-refractivity contribution in [3.63, 3.8) is 0 Å². The number of hydrogen-bond donors (Lipinski definition) is 0. The maximum Gasteiger partial charge on any atom is 0.298 e. The number of hydrogen-bond acceptors (Lipinski definition) is 3. The second kappa shape index (κ2) is 2.37. The van der Waals surface area contributed by atoms with Crippen molar-refractivity contribution < 1.29 is 14.3 Å². The van der Waals surface area contributed by atoms with Crippen LogP contribution in [0.5, 0.6) is 0 Å². The van der Waals surface area contributed by atoms with Crippen molar-refractivity contribution in [3.8, 4) is 0 Å². The molecule has 0 fully saturated rings. The first-order chi connectivity index (χ1) is 5.27. The molecule has 58 valence electrons. The van der Waals surface area contributed by atoms with Gasteiger partial charge in [-0.15, -0.1) is 0 Å². The molecule has 0 spiro atoms. The highest BCUT2D eigenvalue weighted by atomic mass is 79.9. The maximum absolute atomic E-state index is 11.1. The van der Waals surface area contributed by atoms with E-state index in [1.165, 1.54) is 0 Å². The van der Waals surface area contributed by atoms with Crippen LogP contribution in [0, 0.1) is 0 Å². The van der Waals surface area contributed by atoms with Crippen molar-refractivity contribution in [2.75, 3.05) is 0 Å². The normalized spacial score (nSPS) is 28.1. The first kappa shape index (κ1) is 6.91. The smallest absolute Gasteiger partial charge is 0.298 e. The minimum Gasteiger partial charge on any atom is -0.441 e. The summed E-state index contributed by atoms with van der Waals surface area (Å²) in [6.45, 7) is 0. The summed E-state index contributed by atoms with van der Waals surface area (Å²) in [6, 6.07) is 0. The van der Waals surface area contributed by atoms with Crippen LogP contribution in [0.3, 0.4) is 0 Å². The van der Waals surface area contributed by atoms with Gasteiger partial charge in [-0.3, -0.25) is 4.79 Å². The lowest BCUT2D eigenvalue weighted by atomic mass is 10.1. The second-order valence-corrected chi connectivity index (χ2v) is 2.98. The summed E-state index contributed by atoms with van der Waals surface area (Å²) in [5, 5.41) is -0.501. The molecule has 0 bridgehead atoms. The third-order valence-electron chi connectivity index (χ3n) is 1.48. The zero-order valence-electron chi connectivity index (χ0n) is 5.54. The van der Waals surface area contributed by atoms with Crippen LogP contribution < -0.4 is 0 Å². The van der Waals surface area contributed by atoms with E-state index in [9.17, 15) is 4.79 Å². The van der Waals surface area contributed by atoms with Gasteiger partial charge in [0.25, 0.3) is 5.20 Å². The van der Waals surface area contributed by atoms with E-state index in [2.05, 4.69) is 15.9 Å². The molecule has 0 radical (unpaired) electrons. The molecule has 0 aromatic rings. The van der Waals surface area contributed by atoms with Crippen LogP contribution in [-0.2, 0) is 14.3 Å². The Hall–Kier alpha value is -0.770. The number of carbonyl (C=O) groups is 1. The van der Waals surface area contributed by atoms with E-state index in [-0.39, 0.29) is 5.78 Å². The molecule has 1 aliphatic carbocycles. The number of alkyl halides is 1. The number of ketones is 1. The van der Waals surface area contributed by atoms with Crippen molar-refractivity contribution in [2.24, 2.45) is 0 Å². The highest BCUT2D eigenvalue weighted by Gasteiger charge is 2.29. The Balaban J connectivity index is 2.32. The Morgan fingerprint density at radius 1 is 1.55 bits per heavy atom. The van der Waals surface area contributed by atoms with Gasteiger partial charge in [0.05, 0.1) is 0 Å². The average molecular weight is 217 g/mol. The monoisotopic (exact) mass is 216 g/mol. The van der Waals surface area contributed by atoms with Gasteiger partial charge in [0, 0.05) is 22.4 Å². The van der Waals surface area contributed by atoms with Gasteiger partial charge >= 0.3 is 0 Å². The first-order valence-electron chi connectivity index (χ1n) is 3.19. The Bertz CT molecular complexity index is 267. The van der Waals surface area contributed by atoms with Crippen LogP contribution in [0.25, 0.3) is 0 Å². The van der Waals surface area contributed by atoms with Crippen molar-refractivity contribution >= 4 is 21.7 Å². The molecular formula is C7H5BrO3. The fraction of sp³-hybridized carbons (Fsp3) is 0.286. The molecule has 1 unspecified atom stereocenters. The first-order valence-corrected chi connectivity index (χ1v) is 4.10. The summed E-state index contributed by atoms with van der Waals surface area (Å²) in [4.78, 5) is 11.1. The van der Waals surface area contributed by atoms with Gasteiger partial charge in [0.2, 0.25) is 11.5 Å². The highest BCUT2D eigenvalue weighted by molar-refractivity contribution is 9.09. The van der Waals surface area contributed by atoms with E-state index in [1.807, 2.05) is 0 Å². The molecule has 0 N–H and O–H groups in total. The fourth-order valence-corrected chi connectivity index (χ4v) is 1.40. The molecule has 1 heterocycles. The van der Waals surface area contributed by atoms with Crippen LogP contribution in [0.2, 0.25) is 0 Å². The van der Waals surface area contributed by atoms with E-state index in [0.717, 1.165) is 0 Å². The summed E-state index contributed by atoms with van der Waals surface area (Å²) < 4.78 is 10.2. The minimum absolute atomic E-state index is 0.0237. The van der Waals surface area contributed by atoms with Crippen molar-refractivity contribution in [3.05, 3.63) is 23.7 Å². The molecule has 4 heteroatoms. The topological polar surface area (TPSA) is 35.5 Å². The largest absolute Gasteiger partial charge is 0.441 e. The molecule has 0 aromatic carbocycles. The Labute approximate surface area is 71.8 Å². The summed E-state index contributed by atoms with van der Waals surface area (Å²) >= 11 is 3.08. The van der Waals surface area contributed by atoms with Gasteiger partial charge in [-0.2, -0.15) is 0 Å². The molecule has 0 saturated heterocycles. The van der Waals surface area contributed by atoms with Crippen LogP contribution in [0.4, 0.5) is 0 Å². The number of Topliss-reactive ketones (excluding diaryl/α,β-unsaturated/α-hetero) is 1. The second-order valence-electron chi connectivity index (χ2n) is 2.23. The van der Waals surface area contributed by atoms with Crippen molar-refractivity contribution in [1.82, 2.24) is 0 Å². The molecule has 1 aliphatic heterocycles. The van der Waals surface area contributed by atoms with Crippen molar-refractivity contribution in [2.45, 2.75) is 11.6 Å². The van der Waals surface area contributed by atoms with Crippen LogP contribution in [0.1, 0.15) is 6.42 Å². The maximum atomic E-state index is 11.1. The molecule has 2 rings (SSSR count). The van der Waals surface area contributed by atoms with Crippen LogP contribution in [0.15, 0.2) is 23.7 Å². The fourth-order valence-electron chi connectivity index (χ4n) is 1.01. The number of halogens is 1. The summed E-state index contributed by atoms with van der Waals surface area (Å²) in [5.41, 5.74) is 0. The highest BCUT2D eigenvalue weighted by Crippen LogP contribution is 2.30. The number of ether oxygens (including phenoxy) is 2. The van der Waals surface area contributed by atoms with E-state index < -0.39 is 5.20 Å². The standard InChI is InChI=1S/C7H5BrO3/c8-7-10-5-3-1-2-4(9)6(5)11-7/h1,3,7H,2H2. The van der Waals surface area contributed by atoms with Gasteiger partial charge in [0.15, 0.2) is 5.76 Å². The average Bonchev–Trinajstić information content (AvgIpc) is 2.31. The van der Waals surface area contributed by atoms with Gasteiger partial charge in [0.1, 0.15) is 0 Å². The Morgan fingerprint density at radius 3 is 3.09 bits per heavy atom. The molecule has 1 atom stereocenters. The zero-order chi connectivity index (χ0) is 7.84. The molecule has 2 aliphatic rings. The molecule has 3 nitrogen and oxygen atoms in total. The molecule has 0 saturated carbocycles. The van der Waals surface area contributed by atoms with Gasteiger partial charge < -0.3 is 9.47 Å². The number of rotatable bonds is 0. The van der Waals surface area contributed by atoms with Crippen molar-refractivity contribution in [1.29, 1.82) is 0 Å². The zero-order valence-corrected chi connectivity index (χ0v) is 7.13. The number of allylic oxidation sites excluding steroid dienone is 3. The predicted octanol–water partition coefficient (Wildman–Crippen LogP) is 1.45. The molecular weight excluding hydrogens is 212 g/mol. The Morgan fingerprint density at radius 2 is 2.36 bits per heavy atom. The lowest BCUT2D eigenvalue weighted by Crippen LogP contribution is -2.06. The van der Waals surface area contributed by atoms with Gasteiger partial charge in [-0.25, -0.2) is 0 Å². The van der Waals surface area contributed by atoms with E-state index in [4.69, 9.17) is 9.47 Å². The van der Waals surface area contributed by atoms with Crippen LogP contribution >= 0.6 is 15.9 Å². The number of carbonyl (C=O) groups excluding carboxylic acids is 1. The summed E-state index contributed by atoms with van der Waals surface area (Å²) in [6.07, 6.45) is 3.91. The van der Waals surface area contributed by atoms with E-state index in [0.29, 0.717) is 17.9 Å². The SMILES string of the molecule is O=C1CC=CC2=C1OC(Br)O2. The predicted molar refractivity (Wildman–Crippen MR) is 40.7 cm³/mol. The van der Waals surface area contributed by atoms with E-state index >= 15 is 0 Å². The van der Waals surface area contributed by atoms with E-state index in [1.54, 1.807) is 12.2 Å². The summed E-state index contributed by atoms with van der Waals surface area (Å²) in [5.74, 6) is 0.849. The lowest BCUT2D eigenvalue weighted by Gasteiger charge is -2.01. The summed E-state index contributed by atoms with van der Waals surface area (Å²) in [7, 11) is 0. The van der Waals surface area contributed by atoms with Crippen LogP contribution in [-0.4, -0.2) is 11.0 Å². The molecule has 0 aromatic heterocycles.